The second-order valence-corrected chi connectivity index (χ2v) is 8.62. The van der Waals surface area contributed by atoms with Crippen molar-refractivity contribution in [2.75, 3.05) is 45.8 Å². The van der Waals surface area contributed by atoms with Crippen LogP contribution in [-0.4, -0.2) is 95.1 Å². The average molecular weight is 492 g/mol. The van der Waals surface area contributed by atoms with Crippen molar-refractivity contribution in [1.82, 2.24) is 24.9 Å². The molecular formula is C26H29N5O5. The Morgan fingerprint density at radius 3 is 1.97 bits per heavy atom. The molecule has 0 spiro atoms. The fourth-order valence-corrected chi connectivity index (χ4v) is 4.38. The fraction of sp³-hybridized carbons (Fsp3) is 0.346. The van der Waals surface area contributed by atoms with Gasteiger partial charge < -0.3 is 20.0 Å². The lowest BCUT2D eigenvalue weighted by atomic mass is 10.0. The van der Waals surface area contributed by atoms with Gasteiger partial charge in [-0.15, -0.1) is 0 Å². The van der Waals surface area contributed by atoms with Gasteiger partial charge >= 0.3 is 17.8 Å². The normalized spacial score (nSPS) is 17.1. The van der Waals surface area contributed by atoms with Gasteiger partial charge in [-0.1, -0.05) is 48.5 Å². The molecule has 2 saturated heterocycles. The first-order valence-corrected chi connectivity index (χ1v) is 12.0. The van der Waals surface area contributed by atoms with Gasteiger partial charge in [-0.25, -0.2) is 4.79 Å². The van der Waals surface area contributed by atoms with Gasteiger partial charge in [0.15, 0.2) is 0 Å². The van der Waals surface area contributed by atoms with E-state index in [0.29, 0.717) is 43.9 Å². The van der Waals surface area contributed by atoms with Gasteiger partial charge in [0, 0.05) is 51.4 Å². The highest BCUT2D eigenvalue weighted by molar-refractivity contribution is 6.38. The quantitative estimate of drug-likeness (QED) is 0.630. The number of rotatable bonds is 5. The van der Waals surface area contributed by atoms with Crippen LogP contribution in [0.15, 0.2) is 60.7 Å². The standard InChI is InChI=1S/C26H29N5O5/c1-2-28-17-18-31(25(35)24(28)34)26(36)27-21(19-9-5-3-6-10-19)23(33)30-15-13-29(14-16-30)22(32)20-11-7-4-8-12-20/h3-12,21H,2,13-18H2,1H3,(H,27,36)/t21-/m1/s1. The zero-order valence-corrected chi connectivity index (χ0v) is 20.1. The van der Waals surface area contributed by atoms with Crippen molar-refractivity contribution in [3.8, 4) is 0 Å². The summed E-state index contributed by atoms with van der Waals surface area (Å²) in [7, 11) is 0. The SMILES string of the molecule is CCN1CCN(C(=O)N[C@@H](C(=O)N2CCN(C(=O)c3ccccc3)CC2)c2ccccc2)C(=O)C1=O. The molecule has 0 aromatic heterocycles. The van der Waals surface area contributed by atoms with Crippen LogP contribution in [0, 0.1) is 0 Å². The van der Waals surface area contributed by atoms with Crippen LogP contribution in [0.3, 0.4) is 0 Å². The fourth-order valence-electron chi connectivity index (χ4n) is 4.38. The molecule has 6 amide bonds. The number of amides is 6. The van der Waals surface area contributed by atoms with E-state index in [1.165, 1.54) is 4.90 Å². The van der Waals surface area contributed by atoms with Crippen LogP contribution in [0.25, 0.3) is 0 Å². The van der Waals surface area contributed by atoms with Gasteiger partial charge in [-0.2, -0.15) is 0 Å². The molecule has 2 aromatic carbocycles. The van der Waals surface area contributed by atoms with E-state index in [0.717, 1.165) is 4.90 Å². The highest BCUT2D eigenvalue weighted by Crippen LogP contribution is 2.19. The van der Waals surface area contributed by atoms with E-state index in [1.54, 1.807) is 71.3 Å². The monoisotopic (exact) mass is 491 g/mol. The number of hydrogen-bond donors (Lipinski definition) is 1. The van der Waals surface area contributed by atoms with Gasteiger partial charge in [0.25, 0.3) is 5.91 Å². The summed E-state index contributed by atoms with van der Waals surface area (Å²) in [6.45, 7) is 3.78. The third-order valence-electron chi connectivity index (χ3n) is 6.48. The molecule has 2 aromatic rings. The van der Waals surface area contributed by atoms with Crippen molar-refractivity contribution < 1.29 is 24.0 Å². The zero-order valence-electron chi connectivity index (χ0n) is 20.1. The van der Waals surface area contributed by atoms with Crippen LogP contribution in [0.5, 0.6) is 0 Å². The Hall–Kier alpha value is -4.21. The van der Waals surface area contributed by atoms with Gasteiger partial charge in [0.1, 0.15) is 6.04 Å². The predicted octanol–water partition coefficient (Wildman–Crippen LogP) is 1.11. The van der Waals surface area contributed by atoms with Gasteiger partial charge in [-0.3, -0.25) is 24.1 Å². The van der Waals surface area contributed by atoms with Gasteiger partial charge in [-0.05, 0) is 24.6 Å². The van der Waals surface area contributed by atoms with E-state index in [2.05, 4.69) is 5.32 Å². The molecule has 10 heteroatoms. The first kappa shape index (κ1) is 24.9. The van der Waals surface area contributed by atoms with Crippen LogP contribution in [0.2, 0.25) is 0 Å². The molecular weight excluding hydrogens is 462 g/mol. The van der Waals surface area contributed by atoms with Crippen LogP contribution in [0.4, 0.5) is 4.79 Å². The van der Waals surface area contributed by atoms with Crippen molar-refractivity contribution in [1.29, 1.82) is 0 Å². The summed E-state index contributed by atoms with van der Waals surface area (Å²) >= 11 is 0. The molecule has 0 saturated carbocycles. The minimum atomic E-state index is -1.04. The summed E-state index contributed by atoms with van der Waals surface area (Å²) < 4.78 is 0. The first-order chi connectivity index (χ1) is 17.4. The average Bonchev–Trinajstić information content (AvgIpc) is 2.93. The molecule has 2 aliphatic rings. The summed E-state index contributed by atoms with van der Waals surface area (Å²) in [5.74, 6) is -2.08. The minimum absolute atomic E-state index is 0.0558. The number of nitrogens with zero attached hydrogens (tertiary/aromatic N) is 4. The molecule has 1 atom stereocenters. The highest BCUT2D eigenvalue weighted by atomic mass is 16.2. The van der Waals surface area contributed by atoms with E-state index in [4.69, 9.17) is 0 Å². The Labute approximate surface area is 209 Å². The number of likely N-dealkylation sites (N-methyl/N-ethyl adjacent to an activating group) is 1. The Morgan fingerprint density at radius 1 is 0.778 bits per heavy atom. The molecule has 1 N–H and O–H groups in total. The maximum atomic E-state index is 13.5. The molecule has 0 bridgehead atoms. The van der Waals surface area contributed by atoms with E-state index in [-0.39, 0.29) is 24.9 Å². The Morgan fingerprint density at radius 2 is 1.36 bits per heavy atom. The summed E-state index contributed by atoms with van der Waals surface area (Å²) in [5.41, 5.74) is 1.15. The first-order valence-electron chi connectivity index (χ1n) is 12.0. The van der Waals surface area contributed by atoms with E-state index >= 15 is 0 Å². The zero-order chi connectivity index (χ0) is 25.7. The second kappa shape index (κ2) is 11.0. The number of hydrogen-bond acceptors (Lipinski definition) is 5. The smallest absolute Gasteiger partial charge is 0.325 e. The van der Waals surface area contributed by atoms with Crippen molar-refractivity contribution in [3.05, 3.63) is 71.8 Å². The molecule has 0 radical (unpaired) electrons. The van der Waals surface area contributed by atoms with Gasteiger partial charge in [0.05, 0.1) is 0 Å². The topological polar surface area (TPSA) is 110 Å². The van der Waals surface area contributed by atoms with E-state index in [1.807, 2.05) is 6.07 Å². The minimum Gasteiger partial charge on any atom is -0.337 e. The molecule has 188 valence electrons. The summed E-state index contributed by atoms with van der Waals surface area (Å²) in [4.78, 5) is 69.6. The molecule has 0 unspecified atom stereocenters. The van der Waals surface area contributed by atoms with E-state index in [9.17, 15) is 24.0 Å². The summed E-state index contributed by atoms with van der Waals surface area (Å²) in [6.07, 6.45) is 0. The second-order valence-electron chi connectivity index (χ2n) is 8.62. The lowest BCUT2D eigenvalue weighted by Gasteiger charge is -2.37. The van der Waals surface area contributed by atoms with Crippen LogP contribution in [0.1, 0.15) is 28.9 Å². The lowest BCUT2D eigenvalue weighted by molar-refractivity contribution is -0.153. The molecule has 36 heavy (non-hydrogen) atoms. The predicted molar refractivity (Wildman–Crippen MR) is 131 cm³/mol. The van der Waals surface area contributed by atoms with Crippen LogP contribution in [-0.2, 0) is 14.4 Å². The summed E-state index contributed by atoms with van der Waals surface area (Å²) in [6, 6.07) is 15.9. The maximum absolute atomic E-state index is 13.5. The number of carbonyl (C=O) groups excluding carboxylic acids is 5. The highest BCUT2D eigenvalue weighted by Gasteiger charge is 2.38. The van der Waals surface area contributed by atoms with Crippen LogP contribution >= 0.6 is 0 Å². The summed E-state index contributed by atoms with van der Waals surface area (Å²) in [5, 5.41) is 2.67. The lowest BCUT2D eigenvalue weighted by Crippen LogP contribution is -2.59. The van der Waals surface area contributed by atoms with Crippen molar-refractivity contribution in [2.45, 2.75) is 13.0 Å². The molecule has 2 aliphatic heterocycles. The number of nitrogens with one attached hydrogen (secondary N) is 1. The van der Waals surface area contributed by atoms with Crippen molar-refractivity contribution in [2.24, 2.45) is 0 Å². The molecule has 4 rings (SSSR count). The van der Waals surface area contributed by atoms with Crippen molar-refractivity contribution >= 4 is 29.7 Å². The Kier molecular flexibility index (Phi) is 7.62. The third kappa shape index (κ3) is 5.22. The molecule has 0 aliphatic carbocycles. The van der Waals surface area contributed by atoms with Crippen LogP contribution < -0.4 is 5.32 Å². The van der Waals surface area contributed by atoms with Crippen molar-refractivity contribution in [3.63, 3.8) is 0 Å². The number of carbonyl (C=O) groups is 5. The third-order valence-corrected chi connectivity index (χ3v) is 6.48. The Balaban J connectivity index is 1.45. The molecule has 2 heterocycles. The number of urea groups is 1. The number of imide groups is 1. The largest absolute Gasteiger partial charge is 0.337 e. The Bertz CT molecular complexity index is 1130. The number of benzene rings is 2. The molecule has 2 fully saturated rings. The maximum Gasteiger partial charge on any atom is 0.325 e. The van der Waals surface area contributed by atoms with Gasteiger partial charge in [0.2, 0.25) is 5.91 Å². The number of piperazine rings is 2. The van der Waals surface area contributed by atoms with E-state index < -0.39 is 23.9 Å². The molecule has 10 nitrogen and oxygen atoms in total.